The first kappa shape index (κ1) is 20.3. The smallest absolute Gasteiger partial charge is 0.270 e. The van der Waals surface area contributed by atoms with Crippen LogP contribution in [0.5, 0.6) is 0 Å². The van der Waals surface area contributed by atoms with Gasteiger partial charge in [-0.05, 0) is 36.6 Å². The van der Waals surface area contributed by atoms with Gasteiger partial charge in [0.2, 0.25) is 0 Å². The maximum Gasteiger partial charge on any atom is 0.270 e. The lowest BCUT2D eigenvalue weighted by molar-refractivity contribution is 0.0787. The average Bonchev–Trinajstić information content (AvgIpc) is 3.56. The molecular weight excluding hydrogens is 431 g/mol. The quantitative estimate of drug-likeness (QED) is 0.470. The number of carbonyl (C=O) groups excluding carboxylic acids is 2. The number of hydrogen-bond donors (Lipinski definition) is 1. The first-order valence-corrected chi connectivity index (χ1v) is 11.1. The van der Waals surface area contributed by atoms with Crippen LogP contribution in [-0.2, 0) is 6.54 Å². The van der Waals surface area contributed by atoms with Crippen LogP contribution in [0.15, 0.2) is 53.0 Å². The van der Waals surface area contributed by atoms with Crippen molar-refractivity contribution in [3.05, 3.63) is 75.7 Å². The fraction of sp³-hybridized carbons (Fsp3) is 0.217. The van der Waals surface area contributed by atoms with Crippen molar-refractivity contribution in [2.24, 2.45) is 0 Å². The minimum atomic E-state index is -0.358. The molecule has 1 fully saturated rings. The third-order valence-electron chi connectivity index (χ3n) is 5.66. The molecule has 7 nitrogen and oxygen atoms in total. The third-order valence-corrected chi connectivity index (χ3v) is 6.54. The van der Waals surface area contributed by atoms with Gasteiger partial charge in [-0.1, -0.05) is 12.1 Å². The van der Waals surface area contributed by atoms with Gasteiger partial charge < -0.3 is 9.88 Å². The predicted molar refractivity (Wildman–Crippen MR) is 120 cm³/mol. The van der Waals surface area contributed by atoms with E-state index in [4.69, 9.17) is 0 Å². The monoisotopic (exact) mass is 450 g/mol. The number of amides is 1. The Hall–Kier alpha value is -3.59. The number of rotatable bonds is 5. The molecule has 3 aromatic heterocycles. The highest BCUT2D eigenvalue weighted by Crippen LogP contribution is 2.30. The number of H-pyrrole nitrogens is 1. The summed E-state index contributed by atoms with van der Waals surface area (Å²) in [5.74, 6) is -0.781. The lowest BCUT2D eigenvalue weighted by Gasteiger charge is -2.13. The van der Waals surface area contributed by atoms with Crippen LogP contribution in [0.1, 0.15) is 33.7 Å². The number of halogens is 1. The van der Waals surface area contributed by atoms with Crippen LogP contribution >= 0.6 is 11.3 Å². The zero-order valence-corrected chi connectivity index (χ0v) is 17.8. The van der Waals surface area contributed by atoms with Gasteiger partial charge in [-0.3, -0.25) is 19.0 Å². The topological polar surface area (TPSA) is 88.1 Å². The van der Waals surface area contributed by atoms with Crippen molar-refractivity contribution >= 4 is 33.2 Å². The van der Waals surface area contributed by atoms with Gasteiger partial charge in [-0.15, -0.1) is 11.3 Å². The zero-order valence-electron chi connectivity index (χ0n) is 17.0. The number of carbonyl (C=O) groups is 2. The number of Topliss-reactive ketones (excluding diaryl/α,β-unsaturated/α-hetero) is 1. The first-order valence-electron chi connectivity index (χ1n) is 10.2. The van der Waals surface area contributed by atoms with Crippen LogP contribution in [0.3, 0.4) is 0 Å². The Bertz CT molecular complexity index is 1380. The van der Waals surface area contributed by atoms with Crippen molar-refractivity contribution in [1.82, 2.24) is 19.4 Å². The van der Waals surface area contributed by atoms with Gasteiger partial charge in [0.1, 0.15) is 16.3 Å². The van der Waals surface area contributed by atoms with Crippen molar-refractivity contribution in [3.8, 4) is 11.1 Å². The third kappa shape index (κ3) is 3.64. The number of aromatic amines is 1. The normalized spacial score (nSPS) is 13.7. The molecule has 4 heterocycles. The molecule has 1 saturated heterocycles. The predicted octanol–water partition coefficient (Wildman–Crippen LogP) is 3.71. The minimum absolute atomic E-state index is 0.121. The number of benzene rings is 1. The Morgan fingerprint density at radius 2 is 1.91 bits per heavy atom. The molecular formula is C23H19FN4O3S. The molecule has 162 valence electrons. The number of nitrogens with zero attached hydrogens (tertiary/aromatic N) is 3. The van der Waals surface area contributed by atoms with Crippen molar-refractivity contribution in [2.75, 3.05) is 13.1 Å². The van der Waals surface area contributed by atoms with Gasteiger partial charge in [0, 0.05) is 35.8 Å². The molecule has 0 bridgehead atoms. The second-order valence-electron chi connectivity index (χ2n) is 7.74. The lowest BCUT2D eigenvalue weighted by Crippen LogP contribution is -2.27. The maximum atomic E-state index is 13.3. The molecule has 0 saturated carbocycles. The highest BCUT2D eigenvalue weighted by molar-refractivity contribution is 7.17. The standard InChI is InChI=1S/C23H19FN4O3S/c24-16-5-3-14(4-6-16)17-12-32-21-20(17)23(31)28(13-26-21)11-19(29)15-9-18(25-10-15)22(30)27-7-1-2-8-27/h3-6,9-10,12-13,25H,1-2,7-8,11H2. The molecule has 1 aliphatic rings. The number of thiophene rings is 1. The van der Waals surface area contributed by atoms with E-state index in [0.29, 0.717) is 32.6 Å². The summed E-state index contributed by atoms with van der Waals surface area (Å²) in [6.07, 6.45) is 4.83. The van der Waals surface area contributed by atoms with Crippen molar-refractivity contribution < 1.29 is 14.0 Å². The van der Waals surface area contributed by atoms with Crippen LogP contribution in [0.25, 0.3) is 21.3 Å². The van der Waals surface area contributed by atoms with E-state index in [2.05, 4.69) is 9.97 Å². The molecule has 5 rings (SSSR count). The summed E-state index contributed by atoms with van der Waals surface area (Å²) in [6.45, 7) is 1.24. The SMILES string of the molecule is O=C(Cn1cnc2scc(-c3ccc(F)cc3)c2c1=O)c1c[nH]c(C(=O)N2CCCC2)c1. The summed E-state index contributed by atoms with van der Waals surface area (Å²) >= 11 is 1.32. The van der Waals surface area contributed by atoms with Crippen molar-refractivity contribution in [1.29, 1.82) is 0 Å². The molecule has 9 heteroatoms. The van der Waals surface area contributed by atoms with E-state index in [1.165, 1.54) is 46.6 Å². The number of likely N-dealkylation sites (tertiary alicyclic amines) is 1. The molecule has 1 amide bonds. The number of ketones is 1. The highest BCUT2D eigenvalue weighted by atomic mass is 32.1. The number of hydrogen-bond acceptors (Lipinski definition) is 5. The van der Waals surface area contributed by atoms with E-state index in [9.17, 15) is 18.8 Å². The fourth-order valence-corrected chi connectivity index (χ4v) is 4.84. The Kier molecular flexibility index (Phi) is 5.18. The molecule has 0 radical (unpaired) electrons. The van der Waals surface area contributed by atoms with Gasteiger partial charge in [0.15, 0.2) is 5.78 Å². The van der Waals surface area contributed by atoms with Crippen LogP contribution in [-0.4, -0.2) is 44.2 Å². The number of fused-ring (bicyclic) bond motifs is 1. The maximum absolute atomic E-state index is 13.3. The van der Waals surface area contributed by atoms with Crippen LogP contribution in [0, 0.1) is 5.82 Å². The summed E-state index contributed by atoms with van der Waals surface area (Å²) in [4.78, 5) is 48.0. The molecule has 0 spiro atoms. The van der Waals surface area contributed by atoms with Gasteiger partial charge in [0.05, 0.1) is 18.3 Å². The van der Waals surface area contributed by atoms with E-state index in [1.807, 2.05) is 0 Å². The molecule has 1 N–H and O–H groups in total. The largest absolute Gasteiger partial charge is 0.356 e. The average molecular weight is 450 g/mol. The summed E-state index contributed by atoms with van der Waals surface area (Å²) in [5.41, 5.74) is 1.73. The first-order chi connectivity index (χ1) is 15.5. The second kappa shape index (κ2) is 8.16. The van der Waals surface area contributed by atoms with Gasteiger partial charge >= 0.3 is 0 Å². The summed E-state index contributed by atoms with van der Waals surface area (Å²) < 4.78 is 14.6. The summed E-state index contributed by atoms with van der Waals surface area (Å²) in [6, 6.07) is 7.43. The highest BCUT2D eigenvalue weighted by Gasteiger charge is 2.22. The lowest BCUT2D eigenvalue weighted by atomic mass is 10.1. The van der Waals surface area contributed by atoms with E-state index in [0.717, 1.165) is 25.9 Å². The Morgan fingerprint density at radius 1 is 1.16 bits per heavy atom. The van der Waals surface area contributed by atoms with Crippen LogP contribution in [0.4, 0.5) is 4.39 Å². The van der Waals surface area contributed by atoms with Crippen molar-refractivity contribution in [2.45, 2.75) is 19.4 Å². The van der Waals surface area contributed by atoms with E-state index < -0.39 is 0 Å². The van der Waals surface area contributed by atoms with Crippen LogP contribution in [0.2, 0.25) is 0 Å². The van der Waals surface area contributed by atoms with E-state index in [-0.39, 0.29) is 29.6 Å². The van der Waals surface area contributed by atoms with E-state index in [1.54, 1.807) is 22.4 Å². The Morgan fingerprint density at radius 3 is 2.66 bits per heavy atom. The Balaban J connectivity index is 1.42. The van der Waals surface area contributed by atoms with Crippen molar-refractivity contribution in [3.63, 3.8) is 0 Å². The molecule has 1 aliphatic heterocycles. The molecule has 0 aliphatic carbocycles. The summed E-state index contributed by atoms with van der Waals surface area (Å²) in [7, 11) is 0. The molecule has 0 unspecified atom stereocenters. The fourth-order valence-electron chi connectivity index (χ4n) is 3.94. The summed E-state index contributed by atoms with van der Waals surface area (Å²) in [5, 5.41) is 2.21. The van der Waals surface area contributed by atoms with Gasteiger partial charge in [-0.2, -0.15) is 0 Å². The van der Waals surface area contributed by atoms with E-state index >= 15 is 0 Å². The van der Waals surface area contributed by atoms with Gasteiger partial charge in [-0.25, -0.2) is 9.37 Å². The molecule has 1 aromatic carbocycles. The molecule has 4 aromatic rings. The molecule has 32 heavy (non-hydrogen) atoms. The molecule has 0 atom stereocenters. The zero-order chi connectivity index (χ0) is 22.2. The second-order valence-corrected chi connectivity index (χ2v) is 8.60. The Labute approximate surface area is 186 Å². The number of nitrogens with one attached hydrogen (secondary N) is 1. The number of aromatic nitrogens is 3. The van der Waals surface area contributed by atoms with Gasteiger partial charge in [0.25, 0.3) is 11.5 Å². The van der Waals surface area contributed by atoms with Crippen LogP contribution < -0.4 is 5.56 Å². The minimum Gasteiger partial charge on any atom is -0.356 e.